The number of aliphatic hydroxyl groups excluding tert-OH is 2. The van der Waals surface area contributed by atoms with Gasteiger partial charge in [-0.3, -0.25) is 0 Å². The van der Waals surface area contributed by atoms with Gasteiger partial charge in [-0.05, 0) is 24.2 Å². The molecule has 1 atom stereocenters. The second kappa shape index (κ2) is 6.23. The van der Waals surface area contributed by atoms with E-state index >= 15 is 0 Å². The van der Waals surface area contributed by atoms with Crippen LogP contribution in [-0.4, -0.2) is 43.8 Å². The Labute approximate surface area is 109 Å². The van der Waals surface area contributed by atoms with Crippen LogP contribution in [0.25, 0.3) is 0 Å². The van der Waals surface area contributed by atoms with Gasteiger partial charge in [0, 0.05) is 0 Å². The Morgan fingerprint density at radius 3 is 2.17 bits per heavy atom. The molecule has 0 aliphatic heterocycles. The van der Waals surface area contributed by atoms with E-state index < -0.39 is 27.0 Å². The molecule has 18 heavy (non-hydrogen) atoms. The molecule has 0 heterocycles. The van der Waals surface area contributed by atoms with Gasteiger partial charge in [-0.15, -0.1) is 0 Å². The Balaban J connectivity index is 4.36. The smallest absolute Gasteiger partial charge is 0.294 e. The first-order chi connectivity index (χ1) is 7.94. The first-order valence-corrected chi connectivity index (χ1v) is 8.83. The van der Waals surface area contributed by atoms with Crippen LogP contribution in [0.3, 0.4) is 0 Å². The molecule has 0 bridgehead atoms. The van der Waals surface area contributed by atoms with Gasteiger partial charge in [0.2, 0.25) is 0 Å². The van der Waals surface area contributed by atoms with Crippen molar-refractivity contribution >= 4 is 8.32 Å². The average Bonchev–Trinajstić information content (AvgIpc) is 2.21. The standard InChI is InChI=1S/C12H24F2O3Si/c1-11(2,3)18(4,5)17-8-6-7-12(13,14)10(16)9-15/h6-7,10,15-16H,8-9H2,1-5H3/b7-6-/t10-/m1/s1. The lowest BCUT2D eigenvalue weighted by Crippen LogP contribution is -2.40. The summed E-state index contributed by atoms with van der Waals surface area (Å²) >= 11 is 0. The molecule has 0 radical (unpaired) electrons. The quantitative estimate of drug-likeness (QED) is 0.581. The predicted molar refractivity (Wildman–Crippen MR) is 70.3 cm³/mol. The van der Waals surface area contributed by atoms with Gasteiger partial charge >= 0.3 is 0 Å². The lowest BCUT2D eigenvalue weighted by molar-refractivity contribution is -0.0901. The molecular weight excluding hydrogens is 258 g/mol. The van der Waals surface area contributed by atoms with Crippen molar-refractivity contribution < 1.29 is 23.4 Å². The number of alkyl halides is 2. The van der Waals surface area contributed by atoms with Crippen molar-refractivity contribution in [2.75, 3.05) is 13.2 Å². The molecule has 6 heteroatoms. The van der Waals surface area contributed by atoms with Gasteiger partial charge < -0.3 is 14.6 Å². The average molecular weight is 282 g/mol. The van der Waals surface area contributed by atoms with E-state index in [1.54, 1.807) is 0 Å². The topological polar surface area (TPSA) is 49.7 Å². The minimum absolute atomic E-state index is 0.0218. The molecule has 3 nitrogen and oxygen atoms in total. The summed E-state index contributed by atoms with van der Waals surface area (Å²) in [6.45, 7) is 9.36. The van der Waals surface area contributed by atoms with Crippen molar-refractivity contribution in [2.24, 2.45) is 0 Å². The number of halogens is 2. The van der Waals surface area contributed by atoms with Crippen molar-refractivity contribution in [3.05, 3.63) is 12.2 Å². The summed E-state index contributed by atoms with van der Waals surface area (Å²) in [4.78, 5) is 0. The van der Waals surface area contributed by atoms with E-state index in [2.05, 4.69) is 20.8 Å². The van der Waals surface area contributed by atoms with Gasteiger partial charge in [0.25, 0.3) is 5.92 Å². The molecule has 0 aromatic heterocycles. The fourth-order valence-electron chi connectivity index (χ4n) is 0.911. The highest BCUT2D eigenvalue weighted by Gasteiger charge is 2.37. The van der Waals surface area contributed by atoms with Gasteiger partial charge in [-0.25, -0.2) is 0 Å². The molecule has 0 saturated heterocycles. The molecule has 0 fully saturated rings. The fourth-order valence-corrected chi connectivity index (χ4v) is 1.86. The third-order valence-electron chi connectivity index (χ3n) is 3.30. The SMILES string of the molecule is CC(C)(C)[Si](C)(C)OC/C=C\C(F)(F)[C@H](O)CO. The van der Waals surface area contributed by atoms with Crippen molar-refractivity contribution in [2.45, 2.75) is 50.9 Å². The molecule has 0 spiro atoms. The molecule has 0 aromatic rings. The van der Waals surface area contributed by atoms with E-state index in [-0.39, 0.29) is 11.6 Å². The predicted octanol–water partition coefficient (Wildman–Crippen LogP) is 2.55. The molecular formula is C12H24F2O3Si. The van der Waals surface area contributed by atoms with Crippen LogP contribution in [0.5, 0.6) is 0 Å². The third-order valence-corrected chi connectivity index (χ3v) is 7.80. The van der Waals surface area contributed by atoms with Crippen LogP contribution in [0.4, 0.5) is 8.78 Å². The summed E-state index contributed by atoms with van der Waals surface area (Å²) in [6, 6.07) is 0. The summed E-state index contributed by atoms with van der Waals surface area (Å²) in [5.41, 5.74) is 0. The highest BCUT2D eigenvalue weighted by Crippen LogP contribution is 2.36. The lowest BCUT2D eigenvalue weighted by Gasteiger charge is -2.35. The zero-order valence-corrected chi connectivity index (χ0v) is 12.7. The van der Waals surface area contributed by atoms with Crippen LogP contribution in [0.1, 0.15) is 20.8 Å². The Kier molecular flexibility index (Phi) is 6.13. The number of hydrogen-bond donors (Lipinski definition) is 2. The second-order valence-electron chi connectivity index (χ2n) is 5.85. The van der Waals surface area contributed by atoms with E-state index in [0.717, 1.165) is 0 Å². The van der Waals surface area contributed by atoms with Crippen LogP contribution in [0.15, 0.2) is 12.2 Å². The van der Waals surface area contributed by atoms with E-state index in [1.165, 1.54) is 6.08 Å². The molecule has 0 amide bonds. The Morgan fingerprint density at radius 1 is 1.28 bits per heavy atom. The summed E-state index contributed by atoms with van der Waals surface area (Å²) in [5.74, 6) is -3.43. The molecule has 0 aromatic carbocycles. The Hall–Kier alpha value is -0.303. The minimum atomic E-state index is -3.43. The molecule has 0 aliphatic carbocycles. The zero-order chi connectivity index (χ0) is 14.6. The molecule has 0 rings (SSSR count). The monoisotopic (exact) mass is 282 g/mol. The van der Waals surface area contributed by atoms with Crippen LogP contribution in [0, 0.1) is 0 Å². The van der Waals surface area contributed by atoms with Gasteiger partial charge in [0.05, 0.1) is 13.2 Å². The van der Waals surface area contributed by atoms with Gasteiger partial charge in [-0.1, -0.05) is 26.8 Å². The van der Waals surface area contributed by atoms with Crippen molar-refractivity contribution in [1.29, 1.82) is 0 Å². The van der Waals surface area contributed by atoms with E-state index in [1.807, 2.05) is 13.1 Å². The summed E-state index contributed by atoms with van der Waals surface area (Å²) in [5, 5.41) is 17.4. The molecule has 0 saturated carbocycles. The highest BCUT2D eigenvalue weighted by atomic mass is 28.4. The number of rotatable bonds is 6. The van der Waals surface area contributed by atoms with E-state index in [4.69, 9.17) is 14.6 Å². The minimum Gasteiger partial charge on any atom is -0.413 e. The van der Waals surface area contributed by atoms with Crippen LogP contribution < -0.4 is 0 Å². The summed E-state index contributed by atoms with van der Waals surface area (Å²) in [6.07, 6.45) is -0.290. The van der Waals surface area contributed by atoms with Crippen LogP contribution in [0.2, 0.25) is 18.1 Å². The van der Waals surface area contributed by atoms with Gasteiger partial charge in [0.15, 0.2) is 8.32 Å². The lowest BCUT2D eigenvalue weighted by atomic mass is 10.2. The normalized spacial score (nSPS) is 16.3. The molecule has 108 valence electrons. The maximum Gasteiger partial charge on any atom is 0.294 e. The first kappa shape index (κ1) is 17.7. The van der Waals surface area contributed by atoms with Gasteiger partial charge in [-0.2, -0.15) is 8.78 Å². The highest BCUT2D eigenvalue weighted by molar-refractivity contribution is 6.74. The molecule has 0 unspecified atom stereocenters. The third kappa shape index (κ3) is 5.13. The Morgan fingerprint density at radius 2 is 1.78 bits per heavy atom. The Bertz CT molecular complexity index is 286. The van der Waals surface area contributed by atoms with Crippen molar-refractivity contribution in [3.8, 4) is 0 Å². The van der Waals surface area contributed by atoms with Crippen molar-refractivity contribution in [1.82, 2.24) is 0 Å². The largest absolute Gasteiger partial charge is 0.413 e. The molecule has 0 aliphatic rings. The summed E-state index contributed by atoms with van der Waals surface area (Å²) in [7, 11) is -1.94. The summed E-state index contributed by atoms with van der Waals surface area (Å²) < 4.78 is 31.9. The maximum atomic E-state index is 13.1. The van der Waals surface area contributed by atoms with Crippen LogP contribution >= 0.6 is 0 Å². The zero-order valence-electron chi connectivity index (χ0n) is 11.7. The first-order valence-electron chi connectivity index (χ1n) is 5.92. The van der Waals surface area contributed by atoms with Gasteiger partial charge in [0.1, 0.15) is 6.10 Å². The number of hydrogen-bond acceptors (Lipinski definition) is 3. The second-order valence-corrected chi connectivity index (χ2v) is 10.7. The maximum absolute atomic E-state index is 13.1. The molecule has 2 N–H and O–H groups in total. The fraction of sp³-hybridized carbons (Fsp3) is 0.833. The van der Waals surface area contributed by atoms with Crippen molar-refractivity contribution in [3.63, 3.8) is 0 Å². The van der Waals surface area contributed by atoms with Crippen LogP contribution in [-0.2, 0) is 4.43 Å². The van der Waals surface area contributed by atoms with E-state index in [9.17, 15) is 8.78 Å². The number of aliphatic hydroxyl groups is 2. The van der Waals surface area contributed by atoms with E-state index in [0.29, 0.717) is 6.08 Å².